The van der Waals surface area contributed by atoms with Gasteiger partial charge in [-0.25, -0.2) is 4.79 Å². The first-order valence-electron chi connectivity index (χ1n) is 8.33. The molecule has 0 unspecified atom stereocenters. The highest BCUT2D eigenvalue weighted by molar-refractivity contribution is 5.79. The van der Waals surface area contributed by atoms with Gasteiger partial charge in [-0.15, -0.1) is 0 Å². The van der Waals surface area contributed by atoms with Gasteiger partial charge in [0.2, 0.25) is 17.6 Å². The molecular weight excluding hydrogens is 348 g/mol. The monoisotopic (exact) mass is 364 g/mol. The second kappa shape index (κ2) is 6.91. The largest absolute Gasteiger partial charge is 0.419 e. The lowest BCUT2D eigenvalue weighted by Crippen LogP contribution is -2.24. The number of hydrogen-bond acceptors (Lipinski definition) is 6. The average molecular weight is 364 g/mol. The number of fused-ring (bicyclic) bond motifs is 1. The standard InChI is InChI=1S/C19H16N4O4/c1-23-14-8-7-13(10-15(14)26-19(23)25)18-21-17(27-22-18)11-20-16(24)9-12-5-3-2-4-6-12/h2-8,10H,9,11H2,1H3,(H,20,24). The van der Waals surface area contributed by atoms with Crippen molar-refractivity contribution in [3.8, 4) is 11.4 Å². The molecule has 4 aromatic rings. The third kappa shape index (κ3) is 3.50. The van der Waals surface area contributed by atoms with Crippen molar-refractivity contribution in [2.45, 2.75) is 13.0 Å². The van der Waals surface area contributed by atoms with E-state index >= 15 is 0 Å². The minimum absolute atomic E-state index is 0.131. The van der Waals surface area contributed by atoms with Crippen molar-refractivity contribution in [2.24, 2.45) is 7.05 Å². The Morgan fingerprint density at radius 1 is 1.19 bits per heavy atom. The number of hydrogen-bond donors (Lipinski definition) is 1. The predicted molar refractivity (Wildman–Crippen MR) is 96.7 cm³/mol. The van der Waals surface area contributed by atoms with Gasteiger partial charge in [-0.05, 0) is 23.8 Å². The molecule has 0 aliphatic rings. The minimum Gasteiger partial charge on any atom is -0.408 e. The first kappa shape index (κ1) is 16.8. The van der Waals surface area contributed by atoms with Gasteiger partial charge in [0.25, 0.3) is 0 Å². The number of benzene rings is 2. The maximum atomic E-state index is 12.0. The summed E-state index contributed by atoms with van der Waals surface area (Å²) in [4.78, 5) is 27.9. The molecule has 27 heavy (non-hydrogen) atoms. The first-order valence-corrected chi connectivity index (χ1v) is 8.33. The van der Waals surface area contributed by atoms with Crippen LogP contribution in [-0.2, 0) is 24.8 Å². The number of nitrogens with one attached hydrogen (secondary N) is 1. The number of nitrogens with zero attached hydrogens (tertiary/aromatic N) is 3. The number of carbonyl (C=O) groups excluding carboxylic acids is 1. The molecule has 0 radical (unpaired) electrons. The second-order valence-electron chi connectivity index (χ2n) is 6.06. The molecule has 0 aliphatic carbocycles. The van der Waals surface area contributed by atoms with E-state index in [1.54, 1.807) is 25.2 Å². The van der Waals surface area contributed by atoms with E-state index < -0.39 is 5.76 Å². The van der Waals surface area contributed by atoms with Crippen LogP contribution in [0.15, 0.2) is 62.3 Å². The Bertz CT molecular complexity index is 1160. The van der Waals surface area contributed by atoms with Crippen molar-refractivity contribution < 1.29 is 13.7 Å². The molecule has 2 aromatic heterocycles. The molecule has 0 aliphatic heterocycles. The van der Waals surface area contributed by atoms with Crippen LogP contribution in [0.3, 0.4) is 0 Å². The van der Waals surface area contributed by atoms with Crippen molar-refractivity contribution in [1.82, 2.24) is 20.0 Å². The Hall–Kier alpha value is -3.68. The maximum absolute atomic E-state index is 12.0. The molecule has 1 N–H and O–H groups in total. The summed E-state index contributed by atoms with van der Waals surface area (Å²) >= 11 is 0. The molecule has 0 bridgehead atoms. The van der Waals surface area contributed by atoms with E-state index in [1.165, 1.54) is 4.57 Å². The van der Waals surface area contributed by atoms with E-state index in [1.807, 2.05) is 30.3 Å². The van der Waals surface area contributed by atoms with Crippen LogP contribution in [0.4, 0.5) is 0 Å². The van der Waals surface area contributed by atoms with Crippen LogP contribution >= 0.6 is 0 Å². The molecule has 0 fully saturated rings. The smallest absolute Gasteiger partial charge is 0.408 e. The van der Waals surface area contributed by atoms with Gasteiger partial charge in [-0.3, -0.25) is 9.36 Å². The lowest BCUT2D eigenvalue weighted by atomic mass is 10.1. The number of carbonyl (C=O) groups is 1. The van der Waals surface area contributed by atoms with Gasteiger partial charge in [0.1, 0.15) is 0 Å². The molecule has 0 saturated heterocycles. The van der Waals surface area contributed by atoms with Crippen LogP contribution in [0.2, 0.25) is 0 Å². The molecule has 4 rings (SSSR count). The van der Waals surface area contributed by atoms with Crippen molar-refractivity contribution >= 4 is 17.0 Å². The van der Waals surface area contributed by atoms with Gasteiger partial charge in [0.15, 0.2) is 5.58 Å². The lowest BCUT2D eigenvalue weighted by Gasteiger charge is -2.02. The molecule has 8 heteroatoms. The highest BCUT2D eigenvalue weighted by Gasteiger charge is 2.13. The minimum atomic E-state index is -0.433. The normalized spacial score (nSPS) is 11.0. The molecule has 2 heterocycles. The Morgan fingerprint density at radius 3 is 2.81 bits per heavy atom. The Kier molecular flexibility index (Phi) is 4.29. The number of amides is 1. The SMILES string of the molecule is Cn1c(=O)oc2cc(-c3noc(CNC(=O)Cc4ccccc4)n3)ccc21. The summed E-state index contributed by atoms with van der Waals surface area (Å²) in [5, 5.41) is 6.67. The number of oxazole rings is 1. The van der Waals surface area contributed by atoms with Gasteiger partial charge < -0.3 is 14.3 Å². The van der Waals surface area contributed by atoms with Gasteiger partial charge in [-0.1, -0.05) is 35.5 Å². The summed E-state index contributed by atoms with van der Waals surface area (Å²) in [7, 11) is 1.64. The Balaban J connectivity index is 1.44. The predicted octanol–water partition coefficient (Wildman–Crippen LogP) is 2.04. The fourth-order valence-electron chi connectivity index (χ4n) is 2.73. The van der Waals surface area contributed by atoms with Crippen LogP contribution in [0, 0.1) is 0 Å². The summed E-state index contributed by atoms with van der Waals surface area (Å²) in [5.41, 5.74) is 2.71. The zero-order valence-corrected chi connectivity index (χ0v) is 14.5. The van der Waals surface area contributed by atoms with Gasteiger partial charge >= 0.3 is 5.76 Å². The van der Waals surface area contributed by atoms with Gasteiger partial charge in [-0.2, -0.15) is 4.98 Å². The highest BCUT2D eigenvalue weighted by atomic mass is 16.5. The van der Waals surface area contributed by atoms with Gasteiger partial charge in [0, 0.05) is 12.6 Å². The lowest BCUT2D eigenvalue weighted by molar-refractivity contribution is -0.120. The molecule has 0 atom stereocenters. The Labute approximate surface area is 153 Å². The van der Waals surface area contributed by atoms with Gasteiger partial charge in [0.05, 0.1) is 18.5 Å². The quantitative estimate of drug-likeness (QED) is 0.581. The van der Waals surface area contributed by atoms with Crippen LogP contribution in [0.1, 0.15) is 11.5 Å². The number of aromatic nitrogens is 3. The fraction of sp³-hybridized carbons (Fsp3) is 0.158. The van der Waals surface area contributed by atoms with Crippen LogP contribution in [0.5, 0.6) is 0 Å². The molecule has 0 saturated carbocycles. The third-order valence-electron chi connectivity index (χ3n) is 4.16. The molecule has 136 valence electrons. The van der Waals surface area contributed by atoms with E-state index in [0.717, 1.165) is 5.56 Å². The molecule has 8 nitrogen and oxygen atoms in total. The van der Waals surface area contributed by atoms with Crippen molar-refractivity contribution in [2.75, 3.05) is 0 Å². The molecule has 0 spiro atoms. The van der Waals surface area contributed by atoms with Crippen molar-refractivity contribution in [3.63, 3.8) is 0 Å². The third-order valence-corrected chi connectivity index (χ3v) is 4.16. The zero-order valence-electron chi connectivity index (χ0n) is 14.5. The average Bonchev–Trinajstić information content (AvgIpc) is 3.26. The highest BCUT2D eigenvalue weighted by Crippen LogP contribution is 2.21. The topological polar surface area (TPSA) is 103 Å². The van der Waals surface area contributed by atoms with Crippen LogP contribution in [0.25, 0.3) is 22.5 Å². The Morgan fingerprint density at radius 2 is 2.00 bits per heavy atom. The van der Waals surface area contributed by atoms with Crippen LogP contribution < -0.4 is 11.1 Å². The summed E-state index contributed by atoms with van der Waals surface area (Å²) in [6.45, 7) is 0.140. The summed E-state index contributed by atoms with van der Waals surface area (Å²) < 4.78 is 11.8. The molecule has 2 aromatic carbocycles. The number of rotatable bonds is 5. The molecular formula is C19H16N4O4. The van der Waals surface area contributed by atoms with Crippen molar-refractivity contribution in [3.05, 3.63) is 70.5 Å². The van der Waals surface area contributed by atoms with E-state index in [9.17, 15) is 9.59 Å². The molecule has 1 amide bonds. The van der Waals surface area contributed by atoms with E-state index in [2.05, 4.69) is 15.5 Å². The zero-order chi connectivity index (χ0) is 18.8. The maximum Gasteiger partial charge on any atom is 0.419 e. The van der Waals surface area contributed by atoms with Crippen LogP contribution in [-0.4, -0.2) is 20.6 Å². The first-order chi connectivity index (χ1) is 13.1. The summed E-state index contributed by atoms with van der Waals surface area (Å²) in [6.07, 6.45) is 0.283. The van der Waals surface area contributed by atoms with E-state index in [0.29, 0.717) is 28.4 Å². The van der Waals surface area contributed by atoms with E-state index in [-0.39, 0.29) is 18.9 Å². The van der Waals surface area contributed by atoms with E-state index in [4.69, 9.17) is 8.94 Å². The van der Waals surface area contributed by atoms with Crippen molar-refractivity contribution in [1.29, 1.82) is 0 Å². The number of aryl methyl sites for hydroxylation is 1. The second-order valence-corrected chi connectivity index (χ2v) is 6.06. The summed E-state index contributed by atoms with van der Waals surface area (Å²) in [5.74, 6) is 0.0854. The fourth-order valence-corrected chi connectivity index (χ4v) is 2.73. The summed E-state index contributed by atoms with van der Waals surface area (Å²) in [6, 6.07) is 14.7.